The number of thioether (sulfide) groups is 1. The zero-order valence-electron chi connectivity index (χ0n) is 11.3. The van der Waals surface area contributed by atoms with Gasteiger partial charge in [-0.2, -0.15) is 0 Å². The molecule has 0 unspecified atom stereocenters. The second-order valence-electron chi connectivity index (χ2n) is 4.40. The highest BCUT2D eigenvalue weighted by atomic mass is 79.9. The number of nitrogens with one attached hydrogen (secondary N) is 1. The lowest BCUT2D eigenvalue weighted by atomic mass is 10.2. The lowest BCUT2D eigenvalue weighted by Crippen LogP contribution is -2.25. The van der Waals surface area contributed by atoms with Crippen LogP contribution in [0, 0.1) is 5.82 Å². The molecular formula is C16H15BrFNOS. The monoisotopic (exact) mass is 367 g/mol. The van der Waals surface area contributed by atoms with Crippen LogP contribution in [-0.4, -0.2) is 18.2 Å². The predicted octanol–water partition coefficient (Wildman–Crippen LogP) is 4.50. The van der Waals surface area contributed by atoms with Gasteiger partial charge in [0, 0.05) is 15.9 Å². The summed E-state index contributed by atoms with van der Waals surface area (Å²) in [4.78, 5) is 13.2. The van der Waals surface area contributed by atoms with Crippen molar-refractivity contribution in [3.05, 3.63) is 64.4 Å². The molecular weight excluding hydrogens is 353 g/mol. The van der Waals surface area contributed by atoms with Crippen LogP contribution >= 0.6 is 27.7 Å². The van der Waals surface area contributed by atoms with Crippen molar-refractivity contribution in [3.63, 3.8) is 0 Å². The first-order chi connectivity index (χ1) is 10.2. The molecule has 0 aliphatic heterocycles. The van der Waals surface area contributed by atoms with E-state index in [9.17, 15) is 9.18 Å². The van der Waals surface area contributed by atoms with Crippen molar-refractivity contribution in [1.29, 1.82) is 0 Å². The van der Waals surface area contributed by atoms with Gasteiger partial charge in [-0.05, 0) is 58.4 Å². The molecule has 0 fully saturated rings. The van der Waals surface area contributed by atoms with Gasteiger partial charge < -0.3 is 5.32 Å². The third-order valence-corrected chi connectivity index (χ3v) is 4.58. The minimum atomic E-state index is -0.414. The Hall–Kier alpha value is -1.33. The van der Waals surface area contributed by atoms with E-state index in [1.165, 1.54) is 23.1 Å². The number of halogens is 2. The molecule has 1 amide bonds. The van der Waals surface area contributed by atoms with E-state index in [2.05, 4.69) is 33.4 Å². The molecule has 0 saturated carbocycles. The Morgan fingerprint density at radius 1 is 1.19 bits per heavy atom. The fraction of sp³-hybridized carbons (Fsp3) is 0.188. The minimum Gasteiger partial charge on any atom is -0.352 e. The van der Waals surface area contributed by atoms with Crippen LogP contribution in [-0.2, 0) is 0 Å². The van der Waals surface area contributed by atoms with Crippen molar-refractivity contribution in [2.75, 3.05) is 12.3 Å². The van der Waals surface area contributed by atoms with Gasteiger partial charge in [-0.25, -0.2) is 4.39 Å². The molecule has 21 heavy (non-hydrogen) atoms. The van der Waals surface area contributed by atoms with Crippen molar-refractivity contribution >= 4 is 33.6 Å². The molecule has 2 aromatic carbocycles. The van der Waals surface area contributed by atoms with E-state index in [-0.39, 0.29) is 5.91 Å². The van der Waals surface area contributed by atoms with Gasteiger partial charge >= 0.3 is 0 Å². The zero-order chi connectivity index (χ0) is 15.1. The van der Waals surface area contributed by atoms with Gasteiger partial charge in [0.2, 0.25) is 0 Å². The Kier molecular flexibility index (Phi) is 6.26. The van der Waals surface area contributed by atoms with Crippen LogP contribution in [0.25, 0.3) is 0 Å². The number of hydrogen-bond acceptors (Lipinski definition) is 2. The summed E-state index contributed by atoms with van der Waals surface area (Å²) in [6.07, 6.45) is 0.859. The number of carbonyl (C=O) groups is 1. The zero-order valence-corrected chi connectivity index (χ0v) is 13.7. The smallest absolute Gasteiger partial charge is 0.252 e. The molecule has 5 heteroatoms. The molecule has 2 nitrogen and oxygen atoms in total. The summed E-state index contributed by atoms with van der Waals surface area (Å²) in [6.45, 7) is 0.571. The summed E-state index contributed by atoms with van der Waals surface area (Å²) in [5.41, 5.74) is 0.325. The first-order valence-corrected chi connectivity index (χ1v) is 8.36. The van der Waals surface area contributed by atoms with Gasteiger partial charge in [-0.3, -0.25) is 4.79 Å². The average molecular weight is 368 g/mol. The number of carbonyl (C=O) groups excluding carboxylic acids is 1. The van der Waals surface area contributed by atoms with Crippen LogP contribution < -0.4 is 5.32 Å². The number of benzene rings is 2. The average Bonchev–Trinajstić information content (AvgIpc) is 2.50. The van der Waals surface area contributed by atoms with Crippen LogP contribution in [0.5, 0.6) is 0 Å². The maximum atomic E-state index is 13.1. The normalized spacial score (nSPS) is 10.4. The van der Waals surface area contributed by atoms with E-state index in [1.807, 2.05) is 18.2 Å². The van der Waals surface area contributed by atoms with Crippen LogP contribution in [0.2, 0.25) is 0 Å². The number of hydrogen-bond donors (Lipinski definition) is 1. The molecule has 0 saturated heterocycles. The molecule has 0 radical (unpaired) electrons. The van der Waals surface area contributed by atoms with Gasteiger partial charge in [0.25, 0.3) is 5.91 Å². The lowest BCUT2D eigenvalue weighted by Gasteiger charge is -2.07. The van der Waals surface area contributed by atoms with Crippen molar-refractivity contribution < 1.29 is 9.18 Å². The highest BCUT2D eigenvalue weighted by Gasteiger charge is 2.10. The first kappa shape index (κ1) is 16.0. The molecule has 110 valence electrons. The Balaban J connectivity index is 1.73. The summed E-state index contributed by atoms with van der Waals surface area (Å²) >= 11 is 5.01. The molecule has 0 heterocycles. The summed E-state index contributed by atoms with van der Waals surface area (Å²) in [7, 11) is 0. The largest absolute Gasteiger partial charge is 0.352 e. The van der Waals surface area contributed by atoms with Crippen molar-refractivity contribution in [3.8, 4) is 0 Å². The Morgan fingerprint density at radius 2 is 1.95 bits per heavy atom. The van der Waals surface area contributed by atoms with E-state index in [0.717, 1.165) is 12.2 Å². The van der Waals surface area contributed by atoms with Gasteiger partial charge in [-0.1, -0.05) is 18.2 Å². The maximum absolute atomic E-state index is 13.1. The molecule has 2 rings (SSSR count). The topological polar surface area (TPSA) is 29.1 Å². The quantitative estimate of drug-likeness (QED) is 0.601. The molecule has 1 N–H and O–H groups in total. The van der Waals surface area contributed by atoms with Gasteiger partial charge in [0.05, 0.1) is 5.56 Å². The van der Waals surface area contributed by atoms with Crippen molar-refractivity contribution in [1.82, 2.24) is 5.32 Å². The summed E-state index contributed by atoms with van der Waals surface area (Å²) in [5.74, 6) is 0.253. The molecule has 0 spiro atoms. The highest BCUT2D eigenvalue weighted by molar-refractivity contribution is 9.10. The fourth-order valence-electron chi connectivity index (χ4n) is 1.75. The van der Waals surface area contributed by atoms with Crippen LogP contribution in [0.4, 0.5) is 4.39 Å². The summed E-state index contributed by atoms with van der Waals surface area (Å²) < 4.78 is 13.7. The fourth-order valence-corrected chi connectivity index (χ4v) is 3.05. The third kappa shape index (κ3) is 5.17. The second kappa shape index (κ2) is 8.20. The minimum absolute atomic E-state index is 0.258. The second-order valence-corrected chi connectivity index (χ2v) is 6.42. The number of amides is 1. The maximum Gasteiger partial charge on any atom is 0.252 e. The first-order valence-electron chi connectivity index (χ1n) is 6.58. The van der Waals surface area contributed by atoms with Crippen molar-refractivity contribution in [2.24, 2.45) is 0 Å². The van der Waals surface area contributed by atoms with Crippen LogP contribution in [0.15, 0.2) is 57.9 Å². The molecule has 2 aromatic rings. The third-order valence-electron chi connectivity index (χ3n) is 2.79. The standard InChI is InChI=1S/C16H15BrFNOS/c17-15-8-7-12(18)11-14(15)16(20)19-9-4-10-21-13-5-2-1-3-6-13/h1-3,5-8,11H,4,9-10H2,(H,19,20). The lowest BCUT2D eigenvalue weighted by molar-refractivity contribution is 0.0952. The van der Waals surface area contributed by atoms with Crippen LogP contribution in [0.1, 0.15) is 16.8 Å². The van der Waals surface area contributed by atoms with E-state index in [4.69, 9.17) is 0 Å². The predicted molar refractivity (Wildman–Crippen MR) is 88.2 cm³/mol. The van der Waals surface area contributed by atoms with E-state index >= 15 is 0 Å². The molecule has 0 aliphatic rings. The Bertz CT molecular complexity index is 606. The summed E-state index contributed by atoms with van der Waals surface area (Å²) in [5, 5.41) is 2.80. The molecule has 0 atom stereocenters. The summed E-state index contributed by atoms with van der Waals surface area (Å²) in [6, 6.07) is 14.2. The van der Waals surface area contributed by atoms with Gasteiger partial charge in [-0.15, -0.1) is 11.8 Å². The van der Waals surface area contributed by atoms with E-state index in [0.29, 0.717) is 16.6 Å². The van der Waals surface area contributed by atoms with E-state index < -0.39 is 5.82 Å². The Morgan fingerprint density at radius 3 is 2.71 bits per heavy atom. The molecule has 0 aliphatic carbocycles. The van der Waals surface area contributed by atoms with Gasteiger partial charge in [0.15, 0.2) is 0 Å². The van der Waals surface area contributed by atoms with E-state index in [1.54, 1.807) is 11.8 Å². The molecule has 0 aromatic heterocycles. The van der Waals surface area contributed by atoms with Crippen LogP contribution in [0.3, 0.4) is 0 Å². The Labute approximate surface area is 136 Å². The van der Waals surface area contributed by atoms with Crippen molar-refractivity contribution in [2.45, 2.75) is 11.3 Å². The SMILES string of the molecule is O=C(NCCCSc1ccccc1)c1cc(F)ccc1Br. The highest BCUT2D eigenvalue weighted by Crippen LogP contribution is 2.18. The molecule has 0 bridgehead atoms. The van der Waals surface area contributed by atoms with Gasteiger partial charge in [0.1, 0.15) is 5.82 Å². The number of rotatable bonds is 6.